The Morgan fingerprint density at radius 3 is 2.46 bits per heavy atom. The zero-order chi connectivity index (χ0) is 17.5. The first-order valence-electron chi connectivity index (χ1n) is 6.99. The normalized spacial score (nSPS) is 9.71. The fraction of sp³-hybridized carbons (Fsp3) is 0.111. The maximum atomic E-state index is 9.20. The molecule has 3 nitrogen and oxygen atoms in total. The van der Waals surface area contributed by atoms with Gasteiger partial charge in [-0.2, -0.15) is 10.5 Å². The van der Waals surface area contributed by atoms with Crippen LogP contribution in [0.15, 0.2) is 53.1 Å². The molecule has 24 heavy (non-hydrogen) atoms. The Morgan fingerprint density at radius 1 is 1.12 bits per heavy atom. The molecule has 0 fully saturated rings. The van der Waals surface area contributed by atoms with E-state index in [9.17, 15) is 10.5 Å². The number of hydrogen-bond acceptors (Lipinski definition) is 4. The summed E-state index contributed by atoms with van der Waals surface area (Å²) < 4.78 is 0. The number of allylic oxidation sites excluding steroid dienone is 1. The molecule has 0 aliphatic heterocycles. The molecule has 0 aliphatic rings. The third kappa shape index (κ3) is 4.69. The van der Waals surface area contributed by atoms with Crippen molar-refractivity contribution in [1.29, 1.82) is 10.5 Å². The number of rotatable bonds is 5. The minimum Gasteiger partial charge on any atom is -0.347 e. The molecule has 0 spiro atoms. The fourth-order valence-electron chi connectivity index (χ4n) is 1.93. The molecule has 0 unspecified atom stereocenters. The SMILES string of the molecule is Cc1ccccc1CSC(Nc1ccc(Cl)cc1Cl)=C(C#N)C#N. The second-order valence-electron chi connectivity index (χ2n) is 4.89. The minimum absolute atomic E-state index is 0.0135. The van der Waals surface area contributed by atoms with Gasteiger partial charge in [-0.1, -0.05) is 47.5 Å². The van der Waals surface area contributed by atoms with E-state index in [1.807, 2.05) is 43.3 Å². The predicted molar refractivity (Wildman–Crippen MR) is 101 cm³/mol. The number of benzene rings is 2. The highest BCUT2D eigenvalue weighted by molar-refractivity contribution is 8.02. The number of halogens is 2. The van der Waals surface area contributed by atoms with E-state index >= 15 is 0 Å². The van der Waals surface area contributed by atoms with Crippen molar-refractivity contribution in [2.75, 3.05) is 5.32 Å². The van der Waals surface area contributed by atoms with Crippen molar-refractivity contribution < 1.29 is 0 Å². The average Bonchev–Trinajstić information content (AvgIpc) is 2.57. The molecule has 2 aromatic rings. The van der Waals surface area contributed by atoms with Crippen molar-refractivity contribution in [2.24, 2.45) is 0 Å². The van der Waals surface area contributed by atoms with Crippen LogP contribution in [0.2, 0.25) is 10.0 Å². The Hall–Kier alpha value is -2.11. The molecular weight excluding hydrogens is 361 g/mol. The third-order valence-corrected chi connectivity index (χ3v) is 4.86. The monoisotopic (exact) mass is 373 g/mol. The van der Waals surface area contributed by atoms with Crippen LogP contribution >= 0.6 is 35.0 Å². The molecule has 6 heteroatoms. The molecule has 0 heterocycles. The summed E-state index contributed by atoms with van der Waals surface area (Å²) in [5, 5.41) is 22.9. The summed E-state index contributed by atoms with van der Waals surface area (Å²) in [5.41, 5.74) is 2.90. The van der Waals surface area contributed by atoms with Crippen molar-refractivity contribution in [2.45, 2.75) is 12.7 Å². The molecule has 120 valence electrons. The molecule has 0 radical (unpaired) electrons. The van der Waals surface area contributed by atoms with Crippen molar-refractivity contribution in [3.63, 3.8) is 0 Å². The standard InChI is InChI=1S/C18H13Cl2N3S/c1-12-4-2-3-5-13(12)11-24-18(14(9-21)10-22)23-17-7-6-15(19)8-16(17)20/h2-8,23H,11H2,1H3. The minimum atomic E-state index is 0.0135. The first-order chi connectivity index (χ1) is 11.5. The van der Waals surface area contributed by atoms with E-state index in [2.05, 4.69) is 5.32 Å². The smallest absolute Gasteiger partial charge is 0.159 e. The van der Waals surface area contributed by atoms with Gasteiger partial charge in [0, 0.05) is 10.8 Å². The number of nitriles is 2. The zero-order valence-corrected chi connectivity index (χ0v) is 15.1. The maximum absolute atomic E-state index is 9.20. The number of hydrogen-bond donors (Lipinski definition) is 1. The van der Waals surface area contributed by atoms with E-state index in [0.717, 1.165) is 11.1 Å². The summed E-state index contributed by atoms with van der Waals surface area (Å²) >= 11 is 13.4. The topological polar surface area (TPSA) is 59.6 Å². The lowest BCUT2D eigenvalue weighted by atomic mass is 10.1. The molecule has 0 saturated heterocycles. The largest absolute Gasteiger partial charge is 0.347 e. The van der Waals surface area contributed by atoms with E-state index in [-0.39, 0.29) is 5.57 Å². The van der Waals surface area contributed by atoms with Crippen LogP contribution in [0, 0.1) is 29.6 Å². The summed E-state index contributed by atoms with van der Waals surface area (Å²) in [6.07, 6.45) is 0. The van der Waals surface area contributed by atoms with Gasteiger partial charge < -0.3 is 5.32 Å². The van der Waals surface area contributed by atoms with Gasteiger partial charge in [-0.05, 0) is 36.2 Å². The molecule has 2 rings (SSSR count). The first-order valence-corrected chi connectivity index (χ1v) is 8.73. The Labute approximate surface area is 155 Å². The molecule has 2 aromatic carbocycles. The van der Waals surface area contributed by atoms with E-state index in [1.54, 1.807) is 18.2 Å². The number of nitrogens with one attached hydrogen (secondary N) is 1. The average molecular weight is 374 g/mol. The van der Waals surface area contributed by atoms with Gasteiger partial charge in [-0.25, -0.2) is 0 Å². The van der Waals surface area contributed by atoms with Crippen LogP contribution in [0.3, 0.4) is 0 Å². The predicted octanol–water partition coefficient (Wildman–Crippen LogP) is 5.91. The van der Waals surface area contributed by atoms with E-state index in [0.29, 0.717) is 26.5 Å². The summed E-state index contributed by atoms with van der Waals surface area (Å²) in [4.78, 5) is 0. The number of aryl methyl sites for hydroxylation is 1. The van der Waals surface area contributed by atoms with Crippen LogP contribution < -0.4 is 5.32 Å². The van der Waals surface area contributed by atoms with Crippen molar-refractivity contribution in [3.05, 3.63) is 74.2 Å². The van der Waals surface area contributed by atoms with Gasteiger partial charge in [0.2, 0.25) is 0 Å². The lowest BCUT2D eigenvalue weighted by molar-refractivity contribution is 1.31. The van der Waals surface area contributed by atoms with Crippen LogP contribution in [-0.4, -0.2) is 0 Å². The highest BCUT2D eigenvalue weighted by Gasteiger charge is 2.11. The molecule has 0 aromatic heterocycles. The van der Waals surface area contributed by atoms with Gasteiger partial charge in [0.05, 0.1) is 10.7 Å². The van der Waals surface area contributed by atoms with Gasteiger partial charge in [-0.15, -0.1) is 11.8 Å². The lowest BCUT2D eigenvalue weighted by Crippen LogP contribution is -2.01. The lowest BCUT2D eigenvalue weighted by Gasteiger charge is -2.13. The Balaban J connectivity index is 2.27. The van der Waals surface area contributed by atoms with Gasteiger partial charge in [-0.3, -0.25) is 0 Å². The summed E-state index contributed by atoms with van der Waals surface area (Å²) in [7, 11) is 0. The Morgan fingerprint density at radius 2 is 1.83 bits per heavy atom. The first kappa shape index (κ1) is 18.2. The van der Waals surface area contributed by atoms with E-state index in [4.69, 9.17) is 23.2 Å². The van der Waals surface area contributed by atoms with Crippen LogP contribution in [0.1, 0.15) is 11.1 Å². The summed E-state index contributed by atoms with van der Waals surface area (Å²) in [5.74, 6) is 0.632. The van der Waals surface area contributed by atoms with Crippen molar-refractivity contribution in [3.8, 4) is 12.1 Å². The van der Waals surface area contributed by atoms with E-state index < -0.39 is 0 Å². The zero-order valence-electron chi connectivity index (χ0n) is 12.8. The van der Waals surface area contributed by atoms with Gasteiger partial charge >= 0.3 is 0 Å². The van der Waals surface area contributed by atoms with Crippen LogP contribution in [0.5, 0.6) is 0 Å². The maximum Gasteiger partial charge on any atom is 0.159 e. The molecule has 0 saturated carbocycles. The number of anilines is 1. The van der Waals surface area contributed by atoms with Gasteiger partial charge in [0.25, 0.3) is 0 Å². The number of nitrogens with zero attached hydrogens (tertiary/aromatic N) is 2. The van der Waals surface area contributed by atoms with Crippen LogP contribution in [0.4, 0.5) is 5.69 Å². The molecule has 0 bridgehead atoms. The van der Waals surface area contributed by atoms with Crippen molar-refractivity contribution in [1.82, 2.24) is 0 Å². The highest BCUT2D eigenvalue weighted by Crippen LogP contribution is 2.31. The molecule has 0 atom stereocenters. The van der Waals surface area contributed by atoms with E-state index in [1.165, 1.54) is 11.8 Å². The van der Waals surface area contributed by atoms with Gasteiger partial charge in [0.15, 0.2) is 5.57 Å². The molecule has 0 aliphatic carbocycles. The Bertz CT molecular complexity index is 847. The van der Waals surface area contributed by atoms with Gasteiger partial charge in [0.1, 0.15) is 17.2 Å². The summed E-state index contributed by atoms with van der Waals surface area (Å²) in [6, 6.07) is 16.8. The number of thioether (sulfide) groups is 1. The second kappa shape index (κ2) is 8.66. The molecular formula is C18H13Cl2N3S. The quantitative estimate of drug-likeness (QED) is 0.662. The third-order valence-electron chi connectivity index (χ3n) is 3.26. The highest BCUT2D eigenvalue weighted by atomic mass is 35.5. The molecule has 0 amide bonds. The van der Waals surface area contributed by atoms with Crippen LogP contribution in [-0.2, 0) is 5.75 Å². The second-order valence-corrected chi connectivity index (χ2v) is 6.72. The fourth-order valence-corrected chi connectivity index (χ4v) is 3.43. The van der Waals surface area contributed by atoms with Crippen LogP contribution in [0.25, 0.3) is 0 Å². The summed E-state index contributed by atoms with van der Waals surface area (Å²) in [6.45, 7) is 2.03. The van der Waals surface area contributed by atoms with Crippen molar-refractivity contribution >= 4 is 40.7 Å². The Kier molecular flexibility index (Phi) is 6.58. The molecule has 1 N–H and O–H groups in total.